The molecule has 2 aromatic rings. The summed E-state index contributed by atoms with van der Waals surface area (Å²) in [5.74, 6) is -0.740. The third-order valence-electron chi connectivity index (χ3n) is 3.57. The third-order valence-corrected chi connectivity index (χ3v) is 3.57. The van der Waals surface area contributed by atoms with Gasteiger partial charge in [-0.05, 0) is 12.0 Å². The van der Waals surface area contributed by atoms with Crippen molar-refractivity contribution in [3.8, 4) is 11.3 Å². The first-order chi connectivity index (χ1) is 9.25. The van der Waals surface area contributed by atoms with Gasteiger partial charge in [-0.25, -0.2) is 0 Å². The number of rotatable bonds is 4. The van der Waals surface area contributed by atoms with Crippen LogP contribution < -0.4 is 0 Å². The van der Waals surface area contributed by atoms with E-state index in [1.165, 1.54) is 0 Å². The standard InChI is InChI=1S/C14H15N3O2/c18-14(19)12-6-7-17(12)9-11-8-15-16-13(11)10-4-2-1-3-5-10/h1-5,8,12H,6-7,9H2,(H,15,16)(H,18,19). The lowest BCUT2D eigenvalue weighted by Gasteiger charge is -2.37. The number of hydrogen-bond donors (Lipinski definition) is 2. The number of hydrogen-bond acceptors (Lipinski definition) is 3. The molecule has 0 saturated carbocycles. The van der Waals surface area contributed by atoms with Gasteiger partial charge in [0.25, 0.3) is 0 Å². The number of carboxylic acid groups (broad SMARTS) is 1. The molecule has 1 unspecified atom stereocenters. The summed E-state index contributed by atoms with van der Waals surface area (Å²) in [5.41, 5.74) is 3.08. The van der Waals surface area contributed by atoms with Gasteiger partial charge in [0.2, 0.25) is 0 Å². The maximum absolute atomic E-state index is 11.0. The van der Waals surface area contributed by atoms with Crippen LogP contribution in [-0.4, -0.2) is 38.8 Å². The zero-order valence-corrected chi connectivity index (χ0v) is 10.4. The Morgan fingerprint density at radius 1 is 1.42 bits per heavy atom. The van der Waals surface area contributed by atoms with Crippen LogP contribution in [0.4, 0.5) is 0 Å². The van der Waals surface area contributed by atoms with Gasteiger partial charge in [-0.2, -0.15) is 5.10 Å². The van der Waals surface area contributed by atoms with Crippen molar-refractivity contribution in [2.75, 3.05) is 6.54 Å². The second kappa shape index (κ2) is 4.85. The largest absolute Gasteiger partial charge is 0.480 e. The van der Waals surface area contributed by atoms with E-state index in [2.05, 4.69) is 10.2 Å². The molecular formula is C14H15N3O2. The predicted molar refractivity (Wildman–Crippen MR) is 70.5 cm³/mol. The summed E-state index contributed by atoms with van der Waals surface area (Å²) in [6, 6.07) is 9.60. The van der Waals surface area contributed by atoms with Crippen molar-refractivity contribution in [3.05, 3.63) is 42.1 Å². The summed E-state index contributed by atoms with van der Waals surface area (Å²) in [6.45, 7) is 1.45. The number of benzene rings is 1. The summed E-state index contributed by atoms with van der Waals surface area (Å²) in [4.78, 5) is 13.0. The fraction of sp³-hybridized carbons (Fsp3) is 0.286. The molecule has 1 aromatic heterocycles. The lowest BCUT2D eigenvalue weighted by Crippen LogP contribution is -2.51. The molecule has 2 heterocycles. The Labute approximate surface area is 110 Å². The number of carbonyl (C=O) groups is 1. The minimum absolute atomic E-state index is 0.349. The Morgan fingerprint density at radius 3 is 2.84 bits per heavy atom. The lowest BCUT2D eigenvalue weighted by atomic mass is 10.0. The van der Waals surface area contributed by atoms with Gasteiger partial charge in [0.05, 0.1) is 11.9 Å². The van der Waals surface area contributed by atoms with E-state index in [-0.39, 0.29) is 6.04 Å². The number of aromatic amines is 1. The summed E-state index contributed by atoms with van der Waals surface area (Å²) < 4.78 is 0. The summed E-state index contributed by atoms with van der Waals surface area (Å²) in [6.07, 6.45) is 2.51. The van der Waals surface area contributed by atoms with Crippen molar-refractivity contribution in [2.24, 2.45) is 0 Å². The molecule has 5 nitrogen and oxygen atoms in total. The first-order valence-electron chi connectivity index (χ1n) is 6.30. The van der Waals surface area contributed by atoms with Crippen LogP contribution in [0.25, 0.3) is 11.3 Å². The normalized spacial score (nSPS) is 19.1. The second-order valence-corrected chi connectivity index (χ2v) is 4.75. The van der Waals surface area contributed by atoms with Gasteiger partial charge in [0.1, 0.15) is 6.04 Å². The molecule has 98 valence electrons. The van der Waals surface area contributed by atoms with Gasteiger partial charge in [0, 0.05) is 18.7 Å². The van der Waals surface area contributed by atoms with Crippen molar-refractivity contribution in [1.82, 2.24) is 15.1 Å². The molecule has 1 aromatic carbocycles. The van der Waals surface area contributed by atoms with E-state index in [1.807, 2.05) is 35.2 Å². The Morgan fingerprint density at radius 2 is 2.21 bits per heavy atom. The van der Waals surface area contributed by atoms with Crippen molar-refractivity contribution in [1.29, 1.82) is 0 Å². The van der Waals surface area contributed by atoms with E-state index in [4.69, 9.17) is 5.11 Å². The van der Waals surface area contributed by atoms with E-state index in [1.54, 1.807) is 6.20 Å². The van der Waals surface area contributed by atoms with Crippen LogP contribution in [-0.2, 0) is 11.3 Å². The van der Waals surface area contributed by atoms with E-state index < -0.39 is 5.97 Å². The fourth-order valence-corrected chi connectivity index (χ4v) is 2.41. The Hall–Kier alpha value is -2.14. The summed E-state index contributed by atoms with van der Waals surface area (Å²) in [5, 5.41) is 16.1. The molecule has 1 aliphatic rings. The molecule has 19 heavy (non-hydrogen) atoms. The number of carboxylic acids is 1. The number of H-pyrrole nitrogens is 1. The molecule has 0 spiro atoms. The van der Waals surface area contributed by atoms with Gasteiger partial charge in [-0.15, -0.1) is 0 Å². The predicted octanol–water partition coefficient (Wildman–Crippen LogP) is 1.74. The molecular weight excluding hydrogens is 242 g/mol. The average Bonchev–Trinajstić information content (AvgIpc) is 2.83. The number of nitrogens with one attached hydrogen (secondary N) is 1. The number of aliphatic carboxylic acids is 1. The van der Waals surface area contributed by atoms with Gasteiger partial charge < -0.3 is 5.11 Å². The van der Waals surface area contributed by atoms with E-state index in [9.17, 15) is 4.79 Å². The maximum atomic E-state index is 11.0. The fourth-order valence-electron chi connectivity index (χ4n) is 2.41. The molecule has 0 radical (unpaired) electrons. The van der Waals surface area contributed by atoms with Crippen molar-refractivity contribution < 1.29 is 9.90 Å². The highest BCUT2D eigenvalue weighted by molar-refractivity contribution is 5.74. The number of nitrogens with zero attached hydrogens (tertiary/aromatic N) is 2. The van der Waals surface area contributed by atoms with Crippen molar-refractivity contribution in [2.45, 2.75) is 19.0 Å². The van der Waals surface area contributed by atoms with Crippen LogP contribution in [0.2, 0.25) is 0 Å². The van der Waals surface area contributed by atoms with Crippen molar-refractivity contribution >= 4 is 5.97 Å². The minimum atomic E-state index is -0.740. The van der Waals surface area contributed by atoms with E-state index in [0.29, 0.717) is 6.54 Å². The Bertz CT molecular complexity index is 579. The quantitative estimate of drug-likeness (QED) is 0.875. The van der Waals surface area contributed by atoms with Crippen LogP contribution in [0, 0.1) is 0 Å². The highest BCUT2D eigenvalue weighted by Crippen LogP contribution is 2.26. The topological polar surface area (TPSA) is 69.2 Å². The molecule has 5 heteroatoms. The Kier molecular flexibility index (Phi) is 3.05. The maximum Gasteiger partial charge on any atom is 0.320 e. The van der Waals surface area contributed by atoms with Gasteiger partial charge in [-0.1, -0.05) is 30.3 Å². The first kappa shape index (κ1) is 11.9. The van der Waals surface area contributed by atoms with Crippen LogP contribution in [0.5, 0.6) is 0 Å². The molecule has 1 aliphatic heterocycles. The molecule has 1 atom stereocenters. The van der Waals surface area contributed by atoms with Gasteiger partial charge in [0.15, 0.2) is 0 Å². The van der Waals surface area contributed by atoms with E-state index in [0.717, 1.165) is 29.8 Å². The van der Waals surface area contributed by atoms with Gasteiger partial charge in [-0.3, -0.25) is 14.8 Å². The van der Waals surface area contributed by atoms with Gasteiger partial charge >= 0.3 is 5.97 Å². The number of aromatic nitrogens is 2. The zero-order chi connectivity index (χ0) is 13.2. The monoisotopic (exact) mass is 257 g/mol. The zero-order valence-electron chi connectivity index (χ0n) is 10.4. The number of likely N-dealkylation sites (tertiary alicyclic amines) is 1. The van der Waals surface area contributed by atoms with Crippen LogP contribution in [0.15, 0.2) is 36.5 Å². The first-order valence-corrected chi connectivity index (χ1v) is 6.30. The highest BCUT2D eigenvalue weighted by Gasteiger charge is 2.34. The molecule has 0 amide bonds. The average molecular weight is 257 g/mol. The van der Waals surface area contributed by atoms with Crippen LogP contribution >= 0.6 is 0 Å². The lowest BCUT2D eigenvalue weighted by molar-refractivity contribution is -0.148. The smallest absolute Gasteiger partial charge is 0.320 e. The molecule has 1 saturated heterocycles. The molecule has 3 rings (SSSR count). The summed E-state index contributed by atoms with van der Waals surface area (Å²) in [7, 11) is 0. The van der Waals surface area contributed by atoms with E-state index >= 15 is 0 Å². The van der Waals surface area contributed by atoms with Crippen molar-refractivity contribution in [3.63, 3.8) is 0 Å². The SMILES string of the molecule is O=C(O)C1CCN1Cc1cn[nH]c1-c1ccccc1. The molecule has 2 N–H and O–H groups in total. The third kappa shape index (κ3) is 2.24. The summed E-state index contributed by atoms with van der Waals surface area (Å²) >= 11 is 0. The molecule has 0 aliphatic carbocycles. The van der Waals surface area contributed by atoms with Crippen LogP contribution in [0.3, 0.4) is 0 Å². The Balaban J connectivity index is 1.80. The second-order valence-electron chi connectivity index (χ2n) is 4.75. The van der Waals surface area contributed by atoms with Crippen LogP contribution in [0.1, 0.15) is 12.0 Å². The highest BCUT2D eigenvalue weighted by atomic mass is 16.4. The minimum Gasteiger partial charge on any atom is -0.480 e. The molecule has 1 fully saturated rings. The molecule has 0 bridgehead atoms.